The average Bonchev–Trinajstić information content (AvgIpc) is 2.87. The molecule has 36 heavy (non-hydrogen) atoms. The molecule has 2 aliphatic rings. The van der Waals surface area contributed by atoms with Crippen molar-refractivity contribution in [2.75, 3.05) is 20.2 Å². The van der Waals surface area contributed by atoms with E-state index in [1.807, 2.05) is 41.0 Å². The summed E-state index contributed by atoms with van der Waals surface area (Å²) in [6.07, 6.45) is 1.06. The number of rotatable bonds is 4. The molecular weight excluding hydrogens is 456 g/mol. The first-order valence-electron chi connectivity index (χ1n) is 12.3. The minimum absolute atomic E-state index is 0.0623. The Morgan fingerprint density at radius 2 is 1.83 bits per heavy atom. The number of ether oxygens (including phenoxy) is 1. The van der Waals surface area contributed by atoms with Gasteiger partial charge in [0.1, 0.15) is 22.8 Å². The number of fused-ring (bicyclic) bond motifs is 5. The summed E-state index contributed by atoms with van der Waals surface area (Å²) in [5.74, 6) is 1.97. The highest BCUT2D eigenvalue weighted by Crippen LogP contribution is 2.37. The topological polar surface area (TPSA) is 84.9 Å². The van der Waals surface area contributed by atoms with E-state index < -0.39 is 0 Å². The third-order valence-electron chi connectivity index (χ3n) is 7.63. The van der Waals surface area contributed by atoms with Crippen molar-refractivity contribution in [2.24, 2.45) is 5.92 Å². The quantitative estimate of drug-likeness (QED) is 0.466. The van der Waals surface area contributed by atoms with Crippen LogP contribution in [0.5, 0.6) is 11.5 Å². The zero-order valence-corrected chi connectivity index (χ0v) is 20.4. The van der Waals surface area contributed by atoms with Crippen molar-refractivity contribution >= 4 is 11.0 Å². The molecular formula is C29H28N2O5. The fourth-order valence-electron chi connectivity index (χ4n) is 6.00. The summed E-state index contributed by atoms with van der Waals surface area (Å²) in [5, 5.41) is 11.3. The molecule has 2 bridgehead atoms. The van der Waals surface area contributed by atoms with Gasteiger partial charge in [0.2, 0.25) is 5.43 Å². The zero-order chi connectivity index (χ0) is 25.0. The maximum atomic E-state index is 13.6. The minimum Gasteiger partial charge on any atom is -0.507 e. The van der Waals surface area contributed by atoms with Crippen LogP contribution in [-0.2, 0) is 13.1 Å². The lowest BCUT2D eigenvalue weighted by atomic mass is 9.83. The number of aryl methyl sites for hydroxylation is 1. The normalized spacial score (nSPS) is 19.3. The molecule has 0 radical (unpaired) electrons. The monoisotopic (exact) mass is 484 g/mol. The lowest BCUT2D eigenvalue weighted by Crippen LogP contribution is -2.46. The van der Waals surface area contributed by atoms with Gasteiger partial charge < -0.3 is 18.8 Å². The number of pyridine rings is 1. The number of benzene rings is 2. The Bertz CT molecular complexity index is 1580. The Balaban J connectivity index is 1.37. The number of phenols is 1. The highest BCUT2D eigenvalue weighted by molar-refractivity contribution is 5.86. The Hall–Kier alpha value is -3.84. The van der Waals surface area contributed by atoms with Gasteiger partial charge in [-0.05, 0) is 55.2 Å². The van der Waals surface area contributed by atoms with Gasteiger partial charge in [0.15, 0.2) is 0 Å². The van der Waals surface area contributed by atoms with Crippen LogP contribution in [0.25, 0.3) is 22.1 Å². The Kier molecular flexibility index (Phi) is 5.45. The van der Waals surface area contributed by atoms with Gasteiger partial charge in [-0.3, -0.25) is 14.5 Å². The number of phenolic OH excluding ortho intramolecular Hbond substituents is 1. The molecule has 0 unspecified atom stereocenters. The number of piperidine rings is 1. The fraction of sp³-hybridized carbons (Fsp3) is 0.310. The lowest BCUT2D eigenvalue weighted by Gasteiger charge is -2.42. The Labute approximate surface area is 208 Å². The molecule has 1 saturated heterocycles. The van der Waals surface area contributed by atoms with Crippen LogP contribution in [0.3, 0.4) is 0 Å². The van der Waals surface area contributed by atoms with Crippen molar-refractivity contribution in [2.45, 2.75) is 32.4 Å². The molecule has 4 heterocycles. The van der Waals surface area contributed by atoms with Gasteiger partial charge in [-0.15, -0.1) is 0 Å². The van der Waals surface area contributed by atoms with E-state index in [0.717, 1.165) is 30.8 Å². The molecule has 184 valence electrons. The van der Waals surface area contributed by atoms with E-state index in [-0.39, 0.29) is 22.7 Å². The predicted octanol–water partition coefficient (Wildman–Crippen LogP) is 4.26. The molecule has 0 aliphatic carbocycles. The van der Waals surface area contributed by atoms with E-state index in [0.29, 0.717) is 52.6 Å². The number of hydrogen-bond donors (Lipinski definition) is 1. The van der Waals surface area contributed by atoms with Crippen LogP contribution in [0.1, 0.15) is 29.4 Å². The van der Waals surface area contributed by atoms with Gasteiger partial charge in [0.25, 0.3) is 5.56 Å². The average molecular weight is 485 g/mol. The Morgan fingerprint density at radius 3 is 2.61 bits per heavy atom. The van der Waals surface area contributed by atoms with Crippen molar-refractivity contribution < 1.29 is 14.3 Å². The predicted molar refractivity (Wildman–Crippen MR) is 138 cm³/mol. The summed E-state index contributed by atoms with van der Waals surface area (Å²) in [6, 6.07) is 16.1. The third kappa shape index (κ3) is 3.71. The standard InChI is InChI=1S/C29H28N2O5/c1-17-27(19-6-8-21(35-2)9-7-19)28(34)22-10-11-25(32)23(29(22)36-17)16-30-13-18-12-20(15-30)24-4-3-5-26(33)31(24)14-18/h3-11,18,20,32H,12-16H2,1-2H3/t18-,20+/m0/s1. The van der Waals surface area contributed by atoms with Crippen LogP contribution in [0.2, 0.25) is 0 Å². The van der Waals surface area contributed by atoms with Crippen LogP contribution in [0.15, 0.2) is 68.6 Å². The second-order valence-corrected chi connectivity index (χ2v) is 9.92. The molecule has 4 aromatic rings. The number of nitrogens with zero attached hydrogens (tertiary/aromatic N) is 2. The maximum absolute atomic E-state index is 13.6. The van der Waals surface area contributed by atoms with Crippen molar-refractivity contribution in [3.8, 4) is 22.6 Å². The van der Waals surface area contributed by atoms with Crippen LogP contribution in [-0.4, -0.2) is 34.8 Å². The molecule has 1 fully saturated rings. The highest BCUT2D eigenvalue weighted by Gasteiger charge is 2.35. The second-order valence-electron chi connectivity index (χ2n) is 9.92. The van der Waals surface area contributed by atoms with Crippen LogP contribution < -0.4 is 15.7 Å². The van der Waals surface area contributed by atoms with Gasteiger partial charge in [0, 0.05) is 43.9 Å². The first kappa shape index (κ1) is 22.6. The van der Waals surface area contributed by atoms with Crippen molar-refractivity contribution in [1.82, 2.24) is 9.47 Å². The summed E-state index contributed by atoms with van der Waals surface area (Å²) < 4.78 is 13.4. The summed E-state index contributed by atoms with van der Waals surface area (Å²) in [4.78, 5) is 28.2. The first-order chi connectivity index (χ1) is 17.4. The number of hydrogen-bond acceptors (Lipinski definition) is 6. The molecule has 0 amide bonds. The molecule has 0 saturated carbocycles. The molecule has 6 rings (SSSR count). The second kappa shape index (κ2) is 8.68. The minimum atomic E-state index is -0.121. The van der Waals surface area contributed by atoms with E-state index in [4.69, 9.17) is 9.15 Å². The van der Waals surface area contributed by atoms with Crippen molar-refractivity contribution in [3.05, 3.63) is 92.2 Å². The van der Waals surface area contributed by atoms with Gasteiger partial charge in [0.05, 0.1) is 23.6 Å². The number of aromatic hydroxyl groups is 1. The molecule has 2 aromatic carbocycles. The van der Waals surface area contributed by atoms with Crippen molar-refractivity contribution in [3.63, 3.8) is 0 Å². The number of aromatic nitrogens is 1. The number of methoxy groups -OCH3 is 1. The van der Waals surface area contributed by atoms with Crippen LogP contribution in [0.4, 0.5) is 0 Å². The molecule has 7 heteroatoms. The zero-order valence-electron chi connectivity index (χ0n) is 20.4. The highest BCUT2D eigenvalue weighted by atomic mass is 16.5. The fourth-order valence-corrected chi connectivity index (χ4v) is 6.00. The van der Waals surface area contributed by atoms with E-state index in [2.05, 4.69) is 4.90 Å². The van der Waals surface area contributed by atoms with Crippen LogP contribution in [0, 0.1) is 12.8 Å². The molecule has 2 aliphatic heterocycles. The van der Waals surface area contributed by atoms with Gasteiger partial charge in [-0.1, -0.05) is 18.2 Å². The summed E-state index contributed by atoms with van der Waals surface area (Å²) in [6.45, 7) is 4.57. The summed E-state index contributed by atoms with van der Waals surface area (Å²) in [5.41, 5.74) is 3.35. The van der Waals surface area contributed by atoms with E-state index in [1.54, 1.807) is 32.2 Å². The molecule has 2 aromatic heterocycles. The maximum Gasteiger partial charge on any atom is 0.250 e. The molecule has 0 spiro atoms. The van der Waals surface area contributed by atoms with Crippen LogP contribution >= 0.6 is 0 Å². The molecule has 7 nitrogen and oxygen atoms in total. The number of likely N-dealkylation sites (tertiary alicyclic amines) is 1. The first-order valence-corrected chi connectivity index (χ1v) is 12.3. The van der Waals surface area contributed by atoms with Gasteiger partial charge >= 0.3 is 0 Å². The molecule has 2 atom stereocenters. The SMILES string of the molecule is COc1ccc(-c2c(C)oc3c(CN4C[C@@H]5C[C@H](C4)c4cccc(=O)n4C5)c(O)ccc3c2=O)cc1. The van der Waals surface area contributed by atoms with Crippen molar-refractivity contribution in [1.29, 1.82) is 0 Å². The lowest BCUT2D eigenvalue weighted by molar-refractivity contribution is 0.113. The summed E-state index contributed by atoms with van der Waals surface area (Å²) >= 11 is 0. The van der Waals surface area contributed by atoms with Gasteiger partial charge in [-0.25, -0.2) is 0 Å². The largest absolute Gasteiger partial charge is 0.507 e. The summed E-state index contributed by atoms with van der Waals surface area (Å²) in [7, 11) is 1.60. The smallest absolute Gasteiger partial charge is 0.250 e. The third-order valence-corrected chi connectivity index (χ3v) is 7.63. The van der Waals surface area contributed by atoms with Gasteiger partial charge in [-0.2, -0.15) is 0 Å². The molecule has 1 N–H and O–H groups in total. The van der Waals surface area contributed by atoms with E-state index >= 15 is 0 Å². The van der Waals surface area contributed by atoms with E-state index in [9.17, 15) is 14.7 Å². The Morgan fingerprint density at radius 1 is 1.03 bits per heavy atom. The van der Waals surface area contributed by atoms with E-state index in [1.165, 1.54) is 0 Å².